The Morgan fingerprint density at radius 2 is 1.88 bits per heavy atom. The van der Waals surface area contributed by atoms with Crippen molar-refractivity contribution in [1.82, 2.24) is 9.36 Å². The maximum absolute atomic E-state index is 13.0. The van der Waals surface area contributed by atoms with E-state index >= 15 is 0 Å². The van der Waals surface area contributed by atoms with Gasteiger partial charge in [0.2, 0.25) is 0 Å². The van der Waals surface area contributed by atoms with Gasteiger partial charge in [0.1, 0.15) is 5.82 Å². The first-order chi connectivity index (χ1) is 11.3. The molecule has 0 fully saturated rings. The highest BCUT2D eigenvalue weighted by Gasteiger charge is 2.28. The van der Waals surface area contributed by atoms with Crippen molar-refractivity contribution >= 4 is 35.1 Å². The number of hydrogen-bond donors (Lipinski definition) is 1. The van der Waals surface area contributed by atoms with E-state index in [1.165, 1.54) is 11.8 Å². The number of carbonyl (C=O) groups excluding carboxylic acids is 1. The number of nitrogen functional groups attached to an aromatic ring is 1. The molecule has 0 aliphatic heterocycles. The van der Waals surface area contributed by atoms with Gasteiger partial charge in [0.25, 0.3) is 5.56 Å². The van der Waals surface area contributed by atoms with E-state index < -0.39 is 11.7 Å². The Kier molecular flexibility index (Phi) is 5.62. The van der Waals surface area contributed by atoms with Crippen molar-refractivity contribution in [3.8, 4) is 11.1 Å². The molecule has 8 heteroatoms. The second-order valence-corrected chi connectivity index (χ2v) is 6.24. The van der Waals surface area contributed by atoms with Crippen molar-refractivity contribution in [2.45, 2.75) is 32.7 Å². The van der Waals surface area contributed by atoms with Crippen molar-refractivity contribution in [2.75, 3.05) is 12.8 Å². The Balaban J connectivity index is 2.85. The van der Waals surface area contributed by atoms with Crippen molar-refractivity contribution in [1.29, 1.82) is 0 Å². The topological polar surface area (TPSA) is 79.2 Å². The molecule has 0 aliphatic carbocycles. The van der Waals surface area contributed by atoms with Crippen molar-refractivity contribution < 1.29 is 9.53 Å². The van der Waals surface area contributed by atoms with Crippen LogP contribution in [0.5, 0.6) is 0 Å². The van der Waals surface area contributed by atoms with Crippen LogP contribution in [0.15, 0.2) is 23.0 Å². The molecule has 2 N–H and O–H groups in total. The highest BCUT2D eigenvalue weighted by atomic mass is 35.5. The summed E-state index contributed by atoms with van der Waals surface area (Å²) in [6.07, 6.45) is 0.778. The minimum Gasteiger partial charge on any atom is -0.451 e. The van der Waals surface area contributed by atoms with Crippen molar-refractivity contribution in [3.63, 3.8) is 0 Å². The lowest BCUT2D eigenvalue weighted by atomic mass is 10.1. The molecular weight excluding hydrogens is 353 g/mol. The second-order valence-electron chi connectivity index (χ2n) is 5.43. The van der Waals surface area contributed by atoms with E-state index in [1.807, 2.05) is 13.8 Å². The number of halogens is 2. The molecule has 0 spiro atoms. The summed E-state index contributed by atoms with van der Waals surface area (Å²) in [5.41, 5.74) is 6.08. The molecule has 1 aromatic carbocycles. The zero-order chi connectivity index (χ0) is 18.0. The molecule has 0 radical (unpaired) electrons. The second kappa shape index (κ2) is 7.32. The molecule has 0 saturated heterocycles. The first-order valence-corrected chi connectivity index (χ1v) is 8.26. The lowest BCUT2D eigenvalue weighted by molar-refractivity contribution is 0.162. The van der Waals surface area contributed by atoms with Gasteiger partial charge < -0.3 is 10.5 Å². The summed E-state index contributed by atoms with van der Waals surface area (Å²) in [4.78, 5) is 25.2. The highest BCUT2D eigenvalue weighted by Crippen LogP contribution is 2.36. The van der Waals surface area contributed by atoms with Gasteiger partial charge in [0.05, 0.1) is 28.8 Å². The molecule has 24 heavy (non-hydrogen) atoms. The molecule has 2 aromatic rings. The largest absolute Gasteiger partial charge is 0.451 e. The van der Waals surface area contributed by atoms with Crippen LogP contribution in [0, 0.1) is 0 Å². The van der Waals surface area contributed by atoms with Gasteiger partial charge in [0.15, 0.2) is 0 Å². The van der Waals surface area contributed by atoms with E-state index in [1.54, 1.807) is 18.2 Å². The highest BCUT2D eigenvalue weighted by molar-refractivity contribution is 6.39. The number of rotatable bonds is 4. The van der Waals surface area contributed by atoms with Crippen LogP contribution in [0.4, 0.5) is 10.6 Å². The Hall–Kier alpha value is -1.92. The third-order valence-electron chi connectivity index (χ3n) is 3.81. The van der Waals surface area contributed by atoms with Gasteiger partial charge in [-0.3, -0.25) is 4.79 Å². The van der Waals surface area contributed by atoms with Crippen LogP contribution < -0.4 is 11.3 Å². The molecule has 130 valence electrons. The number of anilines is 1. The molecule has 2 rings (SSSR count). The summed E-state index contributed by atoms with van der Waals surface area (Å²) >= 11 is 12.4. The van der Waals surface area contributed by atoms with E-state index in [2.05, 4.69) is 0 Å². The van der Waals surface area contributed by atoms with Crippen molar-refractivity contribution in [3.05, 3.63) is 38.6 Å². The molecule has 1 aromatic heterocycles. The number of aromatic nitrogens is 2. The average Bonchev–Trinajstić information content (AvgIpc) is 2.79. The Morgan fingerprint density at radius 3 is 2.38 bits per heavy atom. The van der Waals surface area contributed by atoms with E-state index in [4.69, 9.17) is 33.7 Å². The van der Waals surface area contributed by atoms with Gasteiger partial charge in [-0.1, -0.05) is 42.6 Å². The monoisotopic (exact) mass is 371 g/mol. The summed E-state index contributed by atoms with van der Waals surface area (Å²) in [6, 6.07) is 4.63. The number of nitrogens with zero attached hydrogens (tertiary/aromatic N) is 2. The average molecular weight is 372 g/mol. The first kappa shape index (κ1) is 18.4. The summed E-state index contributed by atoms with van der Waals surface area (Å²) in [7, 11) is 1.23. The third kappa shape index (κ3) is 3.03. The molecule has 1 unspecified atom stereocenters. The van der Waals surface area contributed by atoms with Gasteiger partial charge >= 0.3 is 6.09 Å². The molecule has 0 aliphatic rings. The SMILES string of the molecule is CCCC(C)n1c(=O)c(-c2c(Cl)cccc2Cl)c(N)n1C(=O)OC. The van der Waals surface area contributed by atoms with Gasteiger partial charge in [0, 0.05) is 5.56 Å². The first-order valence-electron chi connectivity index (χ1n) is 7.50. The van der Waals surface area contributed by atoms with Gasteiger partial charge in [-0.2, -0.15) is 4.68 Å². The van der Waals surface area contributed by atoms with E-state index in [9.17, 15) is 9.59 Å². The number of nitrogens with two attached hydrogens (primary N) is 1. The van der Waals surface area contributed by atoms with Gasteiger partial charge in [-0.15, -0.1) is 0 Å². The lowest BCUT2D eigenvalue weighted by Crippen LogP contribution is -2.31. The summed E-state index contributed by atoms with van der Waals surface area (Å²) in [5.74, 6) is -0.0511. The lowest BCUT2D eigenvalue weighted by Gasteiger charge is -2.16. The molecule has 1 heterocycles. The normalized spacial score (nSPS) is 12.2. The third-order valence-corrected chi connectivity index (χ3v) is 4.44. The molecule has 1 atom stereocenters. The fraction of sp³-hybridized carbons (Fsp3) is 0.375. The van der Waals surface area contributed by atoms with Gasteiger partial charge in [-0.05, 0) is 25.5 Å². The fourth-order valence-electron chi connectivity index (χ4n) is 2.72. The molecule has 6 nitrogen and oxygen atoms in total. The van der Waals surface area contributed by atoms with Gasteiger partial charge in [-0.25, -0.2) is 9.48 Å². The van der Waals surface area contributed by atoms with E-state index in [0.717, 1.165) is 11.1 Å². The van der Waals surface area contributed by atoms with Crippen LogP contribution in [0.25, 0.3) is 11.1 Å². The summed E-state index contributed by atoms with van der Waals surface area (Å²) < 4.78 is 7.10. The van der Waals surface area contributed by atoms with Crippen LogP contribution in [0.3, 0.4) is 0 Å². The van der Waals surface area contributed by atoms with E-state index in [-0.39, 0.29) is 27.5 Å². The van der Waals surface area contributed by atoms with Crippen molar-refractivity contribution in [2.24, 2.45) is 0 Å². The Bertz CT molecular complexity index is 806. The summed E-state index contributed by atoms with van der Waals surface area (Å²) in [6.45, 7) is 3.82. The standard InChI is InChI=1S/C16H19Cl2N3O3/c1-4-6-9(2)20-15(22)13(14(19)21(20)16(23)24-3)12-10(17)7-5-8-11(12)18/h5,7-9H,4,6,19H2,1-3H3. The quantitative estimate of drug-likeness (QED) is 0.873. The number of carbonyl (C=O) groups is 1. The van der Waals surface area contributed by atoms with Crippen LogP contribution in [-0.4, -0.2) is 22.6 Å². The molecule has 0 bridgehead atoms. The number of methoxy groups -OCH3 is 1. The smallest absolute Gasteiger partial charge is 0.434 e. The fourth-order valence-corrected chi connectivity index (χ4v) is 3.31. The Morgan fingerprint density at radius 1 is 1.29 bits per heavy atom. The number of benzene rings is 1. The zero-order valence-corrected chi connectivity index (χ0v) is 15.2. The van der Waals surface area contributed by atoms with Crippen LogP contribution >= 0.6 is 23.2 Å². The predicted molar refractivity (Wildman–Crippen MR) is 96.0 cm³/mol. The number of hydrogen-bond acceptors (Lipinski definition) is 4. The summed E-state index contributed by atoms with van der Waals surface area (Å²) in [5, 5.41) is 0.562. The Labute approximate surface area is 149 Å². The maximum atomic E-state index is 13.0. The minimum absolute atomic E-state index is 0.0511. The van der Waals surface area contributed by atoms with E-state index in [0.29, 0.717) is 12.0 Å². The molecule has 0 amide bonds. The van der Waals surface area contributed by atoms with Crippen LogP contribution in [-0.2, 0) is 4.74 Å². The molecular formula is C16H19Cl2N3O3. The van der Waals surface area contributed by atoms with Crippen LogP contribution in [0.1, 0.15) is 32.7 Å². The minimum atomic E-state index is -0.748. The number of ether oxygens (including phenoxy) is 1. The molecule has 0 saturated carbocycles. The van der Waals surface area contributed by atoms with Crippen LogP contribution in [0.2, 0.25) is 10.0 Å². The maximum Gasteiger partial charge on any atom is 0.434 e. The predicted octanol–water partition coefficient (Wildman–Crippen LogP) is 4.18. The zero-order valence-electron chi connectivity index (χ0n) is 13.7.